The van der Waals surface area contributed by atoms with Crippen molar-refractivity contribution >= 4 is 5.91 Å². The second kappa shape index (κ2) is 6.99. The van der Waals surface area contributed by atoms with Crippen molar-refractivity contribution in [3.63, 3.8) is 0 Å². The maximum atomic E-state index is 12.8. The molecule has 1 saturated heterocycles. The molecule has 1 amide bonds. The molecule has 1 fully saturated rings. The van der Waals surface area contributed by atoms with Crippen molar-refractivity contribution in [2.75, 3.05) is 13.1 Å². The van der Waals surface area contributed by atoms with E-state index < -0.39 is 0 Å². The third-order valence-electron chi connectivity index (χ3n) is 4.27. The number of hydrogen-bond donors (Lipinski definition) is 0. The highest BCUT2D eigenvalue weighted by Crippen LogP contribution is 2.19. The van der Waals surface area contributed by atoms with Crippen molar-refractivity contribution in [2.45, 2.75) is 39.7 Å². The van der Waals surface area contributed by atoms with Gasteiger partial charge in [-0.2, -0.15) is 0 Å². The van der Waals surface area contributed by atoms with Crippen LogP contribution in [0.2, 0.25) is 0 Å². The predicted molar refractivity (Wildman–Crippen MR) is 92.2 cm³/mol. The van der Waals surface area contributed by atoms with E-state index in [2.05, 4.69) is 9.97 Å². The Balaban J connectivity index is 1.70. The minimum Gasteiger partial charge on any atom is -0.458 e. The number of nitrogens with zero attached hydrogens (tertiary/aromatic N) is 3. The van der Waals surface area contributed by atoms with Gasteiger partial charge in [-0.15, -0.1) is 0 Å². The number of carbonyl (C=O) groups is 1. The van der Waals surface area contributed by atoms with E-state index in [9.17, 15) is 4.79 Å². The van der Waals surface area contributed by atoms with Gasteiger partial charge in [-0.05, 0) is 51.3 Å². The van der Waals surface area contributed by atoms with Crippen LogP contribution in [0.4, 0.5) is 0 Å². The zero-order valence-corrected chi connectivity index (χ0v) is 14.5. The van der Waals surface area contributed by atoms with Gasteiger partial charge in [0.1, 0.15) is 6.10 Å². The van der Waals surface area contributed by atoms with Crippen molar-refractivity contribution in [1.82, 2.24) is 14.9 Å². The number of benzene rings is 1. The largest absolute Gasteiger partial charge is 0.458 e. The first-order valence-corrected chi connectivity index (χ1v) is 8.37. The summed E-state index contributed by atoms with van der Waals surface area (Å²) in [6.07, 6.45) is 1.77. The van der Waals surface area contributed by atoms with E-state index in [1.54, 1.807) is 0 Å². The SMILES string of the molecule is Cc1cc(C)nc(OC2CCCN(C(=O)c3ccccc3C)C2)n1. The highest BCUT2D eigenvalue weighted by molar-refractivity contribution is 5.95. The fraction of sp³-hybridized carbons (Fsp3) is 0.421. The van der Waals surface area contributed by atoms with Gasteiger partial charge in [-0.1, -0.05) is 18.2 Å². The summed E-state index contributed by atoms with van der Waals surface area (Å²) in [6.45, 7) is 7.16. The zero-order valence-electron chi connectivity index (χ0n) is 14.5. The highest BCUT2D eigenvalue weighted by atomic mass is 16.5. The molecule has 24 heavy (non-hydrogen) atoms. The van der Waals surface area contributed by atoms with Crippen LogP contribution in [0.1, 0.15) is 40.2 Å². The maximum absolute atomic E-state index is 12.8. The fourth-order valence-electron chi connectivity index (χ4n) is 3.10. The van der Waals surface area contributed by atoms with E-state index in [1.807, 2.05) is 56.0 Å². The Hall–Kier alpha value is -2.43. The Morgan fingerprint density at radius 2 is 1.88 bits per heavy atom. The zero-order chi connectivity index (χ0) is 17.1. The average molecular weight is 325 g/mol. The van der Waals surface area contributed by atoms with Crippen molar-refractivity contribution in [1.29, 1.82) is 0 Å². The molecule has 0 saturated carbocycles. The van der Waals surface area contributed by atoms with Crippen LogP contribution in [0, 0.1) is 20.8 Å². The Morgan fingerprint density at radius 1 is 1.17 bits per heavy atom. The van der Waals surface area contributed by atoms with Gasteiger partial charge >= 0.3 is 6.01 Å². The van der Waals surface area contributed by atoms with Crippen molar-refractivity contribution < 1.29 is 9.53 Å². The van der Waals surface area contributed by atoms with Crippen LogP contribution in [0.15, 0.2) is 30.3 Å². The Bertz CT molecular complexity index is 725. The number of ether oxygens (including phenoxy) is 1. The lowest BCUT2D eigenvalue weighted by molar-refractivity contribution is 0.0514. The van der Waals surface area contributed by atoms with Crippen LogP contribution < -0.4 is 4.74 Å². The molecule has 0 bridgehead atoms. The first-order chi connectivity index (χ1) is 11.5. The van der Waals surface area contributed by atoms with Crippen molar-refractivity contribution in [3.8, 4) is 6.01 Å². The van der Waals surface area contributed by atoms with E-state index in [0.29, 0.717) is 12.6 Å². The van der Waals surface area contributed by atoms with Crippen molar-refractivity contribution in [3.05, 3.63) is 52.8 Å². The second-order valence-electron chi connectivity index (χ2n) is 6.38. The van der Waals surface area contributed by atoms with E-state index in [-0.39, 0.29) is 12.0 Å². The quantitative estimate of drug-likeness (QED) is 0.870. The minimum atomic E-state index is -0.0621. The first kappa shape index (κ1) is 16.4. The van der Waals surface area contributed by atoms with E-state index in [1.165, 1.54) is 0 Å². The summed E-state index contributed by atoms with van der Waals surface area (Å²) >= 11 is 0. The molecule has 1 aliphatic heterocycles. The molecule has 5 nitrogen and oxygen atoms in total. The van der Waals surface area contributed by atoms with Gasteiger partial charge in [0.2, 0.25) is 0 Å². The lowest BCUT2D eigenvalue weighted by Gasteiger charge is -2.32. The lowest BCUT2D eigenvalue weighted by Crippen LogP contribution is -2.44. The van der Waals surface area contributed by atoms with Gasteiger partial charge in [0.05, 0.1) is 6.54 Å². The minimum absolute atomic E-state index is 0.0621. The third-order valence-corrected chi connectivity index (χ3v) is 4.27. The van der Waals surface area contributed by atoms with Gasteiger partial charge in [-0.25, -0.2) is 9.97 Å². The number of amides is 1. The van der Waals surface area contributed by atoms with Gasteiger partial charge < -0.3 is 9.64 Å². The molecule has 0 aliphatic carbocycles. The molecule has 2 heterocycles. The predicted octanol–water partition coefficient (Wildman–Crippen LogP) is 3.09. The Kier molecular flexibility index (Phi) is 4.79. The molecular weight excluding hydrogens is 302 g/mol. The number of aryl methyl sites for hydroxylation is 3. The van der Waals surface area contributed by atoms with Crippen LogP contribution in [0.5, 0.6) is 6.01 Å². The van der Waals surface area contributed by atoms with Gasteiger partial charge in [0.25, 0.3) is 5.91 Å². The first-order valence-electron chi connectivity index (χ1n) is 8.37. The number of likely N-dealkylation sites (tertiary alicyclic amines) is 1. The number of hydrogen-bond acceptors (Lipinski definition) is 4. The molecule has 1 aromatic heterocycles. The smallest absolute Gasteiger partial charge is 0.317 e. The Morgan fingerprint density at radius 3 is 2.58 bits per heavy atom. The monoisotopic (exact) mass is 325 g/mol. The van der Waals surface area contributed by atoms with Crippen LogP contribution in [0.3, 0.4) is 0 Å². The van der Waals surface area contributed by atoms with Gasteiger partial charge in [0.15, 0.2) is 0 Å². The van der Waals surface area contributed by atoms with Gasteiger partial charge in [0, 0.05) is 23.5 Å². The summed E-state index contributed by atoms with van der Waals surface area (Å²) in [5.41, 5.74) is 3.55. The molecule has 0 N–H and O–H groups in total. The summed E-state index contributed by atoms with van der Waals surface area (Å²) in [4.78, 5) is 23.3. The van der Waals surface area contributed by atoms with Crippen LogP contribution in [0.25, 0.3) is 0 Å². The van der Waals surface area contributed by atoms with Crippen molar-refractivity contribution in [2.24, 2.45) is 0 Å². The molecule has 2 aromatic rings. The molecule has 0 spiro atoms. The molecular formula is C19H23N3O2. The van der Waals surface area contributed by atoms with Crippen LogP contribution >= 0.6 is 0 Å². The van der Waals surface area contributed by atoms with Crippen LogP contribution in [-0.4, -0.2) is 40.0 Å². The maximum Gasteiger partial charge on any atom is 0.317 e. The van der Waals surface area contributed by atoms with E-state index in [4.69, 9.17) is 4.74 Å². The van der Waals surface area contributed by atoms with E-state index in [0.717, 1.165) is 41.9 Å². The fourth-order valence-corrected chi connectivity index (χ4v) is 3.10. The number of carbonyl (C=O) groups excluding carboxylic acids is 1. The summed E-state index contributed by atoms with van der Waals surface area (Å²) in [6, 6.07) is 10.0. The summed E-state index contributed by atoms with van der Waals surface area (Å²) in [5.74, 6) is 0.0720. The topological polar surface area (TPSA) is 55.3 Å². The molecule has 1 aromatic carbocycles. The summed E-state index contributed by atoms with van der Waals surface area (Å²) in [7, 11) is 0. The molecule has 0 radical (unpaired) electrons. The third kappa shape index (κ3) is 3.72. The molecule has 3 rings (SSSR count). The lowest BCUT2D eigenvalue weighted by atomic mass is 10.0. The molecule has 1 atom stereocenters. The summed E-state index contributed by atoms with van der Waals surface area (Å²) in [5, 5.41) is 0. The standard InChI is InChI=1S/C19H23N3O2/c1-13-7-4-5-9-17(13)18(23)22-10-6-8-16(12-22)24-19-20-14(2)11-15(3)21-19/h4-5,7,9,11,16H,6,8,10,12H2,1-3H3. The molecule has 5 heteroatoms. The second-order valence-corrected chi connectivity index (χ2v) is 6.38. The number of aromatic nitrogens is 2. The molecule has 1 aliphatic rings. The Labute approximate surface area is 142 Å². The number of rotatable bonds is 3. The molecule has 126 valence electrons. The average Bonchev–Trinajstić information content (AvgIpc) is 2.54. The highest BCUT2D eigenvalue weighted by Gasteiger charge is 2.26. The van der Waals surface area contributed by atoms with Crippen LogP contribution in [-0.2, 0) is 0 Å². The normalized spacial score (nSPS) is 17.6. The molecule has 1 unspecified atom stereocenters. The van der Waals surface area contributed by atoms with E-state index >= 15 is 0 Å². The number of piperidine rings is 1. The summed E-state index contributed by atoms with van der Waals surface area (Å²) < 4.78 is 5.95. The van der Waals surface area contributed by atoms with Gasteiger partial charge in [-0.3, -0.25) is 4.79 Å².